The van der Waals surface area contributed by atoms with Gasteiger partial charge in [-0.2, -0.15) is 0 Å². The topological polar surface area (TPSA) is 12.0 Å². The Morgan fingerprint density at radius 1 is 0.722 bits per heavy atom. The van der Waals surface area contributed by atoms with Gasteiger partial charge in [-0.25, -0.2) is 0 Å². The van der Waals surface area contributed by atoms with Gasteiger partial charge in [0.05, 0.1) is 0 Å². The molecule has 18 heavy (non-hydrogen) atoms. The van der Waals surface area contributed by atoms with Gasteiger partial charge in [-0.1, -0.05) is 52.3 Å². The quantitative estimate of drug-likeness (QED) is 0.673. The highest BCUT2D eigenvalue weighted by Gasteiger charge is 2.00. The van der Waals surface area contributed by atoms with E-state index in [2.05, 4.69) is 69.8 Å². The second kappa shape index (κ2) is 4.83. The first kappa shape index (κ1) is 11.3. The molecule has 0 spiro atoms. The van der Waals surface area contributed by atoms with E-state index in [1.165, 1.54) is 10.8 Å². The highest BCUT2D eigenvalue weighted by molar-refractivity contribution is 9.10. The van der Waals surface area contributed by atoms with Crippen molar-refractivity contribution in [2.24, 2.45) is 0 Å². The van der Waals surface area contributed by atoms with E-state index >= 15 is 0 Å². The number of fused-ring (bicyclic) bond motifs is 1. The smallest absolute Gasteiger partial charge is 0.0391 e. The largest absolute Gasteiger partial charge is 0.356 e. The minimum atomic E-state index is 1.10. The van der Waals surface area contributed by atoms with Crippen LogP contribution in [0.15, 0.2) is 71.2 Å². The molecule has 88 valence electrons. The van der Waals surface area contributed by atoms with Crippen LogP contribution < -0.4 is 5.32 Å². The molecule has 0 unspecified atom stereocenters. The zero-order valence-corrected chi connectivity index (χ0v) is 11.3. The molecule has 3 rings (SSSR count). The van der Waals surface area contributed by atoms with Gasteiger partial charge in [0.25, 0.3) is 0 Å². The van der Waals surface area contributed by atoms with Crippen LogP contribution in [0.25, 0.3) is 10.8 Å². The molecule has 0 aliphatic rings. The lowest BCUT2D eigenvalue weighted by molar-refractivity contribution is 1.56. The van der Waals surface area contributed by atoms with Crippen LogP contribution in [-0.2, 0) is 0 Å². The Morgan fingerprint density at radius 3 is 2.39 bits per heavy atom. The molecule has 0 saturated heterocycles. The summed E-state index contributed by atoms with van der Waals surface area (Å²) in [5, 5.41) is 5.86. The van der Waals surface area contributed by atoms with Crippen molar-refractivity contribution in [2.75, 3.05) is 5.32 Å². The first-order valence-electron chi connectivity index (χ1n) is 5.83. The van der Waals surface area contributed by atoms with Crippen molar-refractivity contribution in [3.05, 3.63) is 71.2 Å². The van der Waals surface area contributed by atoms with Crippen molar-refractivity contribution in [3.8, 4) is 0 Å². The average molecular weight is 298 g/mol. The van der Waals surface area contributed by atoms with Gasteiger partial charge in [0.1, 0.15) is 0 Å². The van der Waals surface area contributed by atoms with Gasteiger partial charge in [-0.05, 0) is 41.1 Å². The summed E-state index contributed by atoms with van der Waals surface area (Å²) in [4.78, 5) is 0. The summed E-state index contributed by atoms with van der Waals surface area (Å²) < 4.78 is 1.12. The lowest BCUT2D eigenvalue weighted by atomic mass is 10.1. The van der Waals surface area contributed by atoms with E-state index in [1.807, 2.05) is 18.2 Å². The highest BCUT2D eigenvalue weighted by Crippen LogP contribution is 2.27. The summed E-state index contributed by atoms with van der Waals surface area (Å²) >= 11 is 3.59. The van der Waals surface area contributed by atoms with Crippen LogP contribution in [0.1, 0.15) is 0 Å². The Balaban J connectivity index is 2.01. The molecule has 0 aliphatic heterocycles. The second-order valence-corrected chi connectivity index (χ2v) is 5.02. The molecule has 0 bridgehead atoms. The van der Waals surface area contributed by atoms with Crippen molar-refractivity contribution in [1.29, 1.82) is 0 Å². The zero-order valence-electron chi connectivity index (χ0n) is 9.73. The summed E-state index contributed by atoms with van der Waals surface area (Å²) in [5.41, 5.74) is 2.20. The maximum atomic E-state index is 3.59. The SMILES string of the molecule is Brc1cccc2ccc(Nc3ccccc3)cc12. The predicted molar refractivity (Wildman–Crippen MR) is 81.4 cm³/mol. The lowest BCUT2D eigenvalue weighted by Crippen LogP contribution is -1.89. The van der Waals surface area contributed by atoms with Crippen LogP contribution in [-0.4, -0.2) is 0 Å². The van der Waals surface area contributed by atoms with Gasteiger partial charge in [0.15, 0.2) is 0 Å². The van der Waals surface area contributed by atoms with Gasteiger partial charge in [-0.15, -0.1) is 0 Å². The van der Waals surface area contributed by atoms with Gasteiger partial charge < -0.3 is 5.32 Å². The monoisotopic (exact) mass is 297 g/mol. The number of para-hydroxylation sites is 1. The Hall–Kier alpha value is -1.80. The Kier molecular flexibility index (Phi) is 3.03. The van der Waals surface area contributed by atoms with Crippen LogP contribution >= 0.6 is 15.9 Å². The van der Waals surface area contributed by atoms with E-state index in [0.717, 1.165) is 15.8 Å². The fourth-order valence-electron chi connectivity index (χ4n) is 2.00. The fraction of sp³-hybridized carbons (Fsp3) is 0. The minimum absolute atomic E-state index is 1.10. The third-order valence-corrected chi connectivity index (χ3v) is 3.58. The van der Waals surface area contributed by atoms with Crippen molar-refractivity contribution in [3.63, 3.8) is 0 Å². The normalized spacial score (nSPS) is 10.5. The van der Waals surface area contributed by atoms with Crippen molar-refractivity contribution < 1.29 is 0 Å². The molecule has 0 radical (unpaired) electrons. The lowest BCUT2D eigenvalue weighted by Gasteiger charge is -2.08. The molecule has 0 atom stereocenters. The van der Waals surface area contributed by atoms with E-state index in [4.69, 9.17) is 0 Å². The molecule has 3 aromatic carbocycles. The molecule has 0 saturated carbocycles. The standard InChI is InChI=1S/C16H12BrN/c17-16-8-4-5-12-9-10-14(11-15(12)16)18-13-6-2-1-3-7-13/h1-11,18H. The molecule has 0 heterocycles. The number of hydrogen-bond donors (Lipinski definition) is 1. The molecule has 1 nitrogen and oxygen atoms in total. The van der Waals surface area contributed by atoms with E-state index < -0.39 is 0 Å². The zero-order chi connectivity index (χ0) is 12.4. The maximum Gasteiger partial charge on any atom is 0.0391 e. The van der Waals surface area contributed by atoms with Crippen molar-refractivity contribution in [1.82, 2.24) is 0 Å². The Labute approximate surface area is 115 Å². The average Bonchev–Trinajstić information content (AvgIpc) is 2.41. The van der Waals surface area contributed by atoms with E-state index in [0.29, 0.717) is 0 Å². The van der Waals surface area contributed by atoms with E-state index in [1.54, 1.807) is 0 Å². The van der Waals surface area contributed by atoms with Crippen LogP contribution in [0.3, 0.4) is 0 Å². The number of benzene rings is 3. The summed E-state index contributed by atoms with van der Waals surface area (Å²) in [6.45, 7) is 0. The summed E-state index contributed by atoms with van der Waals surface area (Å²) in [6.07, 6.45) is 0. The molecule has 3 aromatic rings. The molecular formula is C16H12BrN. The number of rotatable bonds is 2. The van der Waals surface area contributed by atoms with E-state index in [-0.39, 0.29) is 0 Å². The molecule has 0 aliphatic carbocycles. The van der Waals surface area contributed by atoms with Crippen LogP contribution in [0.2, 0.25) is 0 Å². The van der Waals surface area contributed by atoms with E-state index in [9.17, 15) is 0 Å². The molecule has 1 N–H and O–H groups in total. The molecule has 0 aromatic heterocycles. The number of hydrogen-bond acceptors (Lipinski definition) is 1. The first-order chi connectivity index (χ1) is 8.83. The van der Waals surface area contributed by atoms with Gasteiger partial charge >= 0.3 is 0 Å². The maximum absolute atomic E-state index is 3.59. The van der Waals surface area contributed by atoms with Crippen LogP contribution in [0.5, 0.6) is 0 Å². The second-order valence-electron chi connectivity index (χ2n) is 4.17. The number of nitrogens with one attached hydrogen (secondary N) is 1. The van der Waals surface area contributed by atoms with Crippen molar-refractivity contribution >= 4 is 38.1 Å². The summed E-state index contributed by atoms with van der Waals surface area (Å²) in [5.74, 6) is 0. The summed E-state index contributed by atoms with van der Waals surface area (Å²) in [6, 6.07) is 22.8. The van der Waals surface area contributed by atoms with Gasteiger partial charge in [0, 0.05) is 15.8 Å². The third-order valence-electron chi connectivity index (χ3n) is 2.89. The number of anilines is 2. The molecule has 0 fully saturated rings. The molecule has 0 amide bonds. The van der Waals surface area contributed by atoms with Gasteiger partial charge in [-0.3, -0.25) is 0 Å². The van der Waals surface area contributed by atoms with Crippen LogP contribution in [0.4, 0.5) is 11.4 Å². The minimum Gasteiger partial charge on any atom is -0.356 e. The highest BCUT2D eigenvalue weighted by atomic mass is 79.9. The van der Waals surface area contributed by atoms with Crippen molar-refractivity contribution in [2.45, 2.75) is 0 Å². The number of halogens is 1. The fourth-order valence-corrected chi connectivity index (χ4v) is 2.50. The molecule has 2 heteroatoms. The van der Waals surface area contributed by atoms with Gasteiger partial charge in [0.2, 0.25) is 0 Å². The summed E-state index contributed by atoms with van der Waals surface area (Å²) in [7, 11) is 0. The Morgan fingerprint density at radius 2 is 1.56 bits per heavy atom. The Bertz CT molecular complexity index is 677. The van der Waals surface area contributed by atoms with Crippen LogP contribution in [0, 0.1) is 0 Å². The molecular weight excluding hydrogens is 286 g/mol. The third kappa shape index (κ3) is 2.24. The first-order valence-corrected chi connectivity index (χ1v) is 6.62. The predicted octanol–water partition coefficient (Wildman–Crippen LogP) is 5.35.